The van der Waals surface area contributed by atoms with Gasteiger partial charge < -0.3 is 4.98 Å². The molecule has 1 heterocycles. The Bertz CT molecular complexity index is 1070. The van der Waals surface area contributed by atoms with Crippen LogP contribution in [0, 0.1) is 10.1 Å². The number of rotatable bonds is 3. The summed E-state index contributed by atoms with van der Waals surface area (Å²) in [5.74, 6) is -1.45. The fourth-order valence-corrected chi connectivity index (χ4v) is 2.26. The number of hydrogen-bond donors (Lipinski definition) is 3. The third kappa shape index (κ3) is 3.38. The molecule has 26 heavy (non-hydrogen) atoms. The lowest BCUT2D eigenvalue weighted by molar-refractivity contribution is -0.384. The Labute approximate surface area is 145 Å². The van der Waals surface area contributed by atoms with Gasteiger partial charge in [0, 0.05) is 23.1 Å². The number of H-pyrrole nitrogens is 1. The lowest BCUT2D eigenvalue weighted by Crippen LogP contribution is -2.42. The SMILES string of the molecule is O=C(NNC(=O)c1nc(=O)[nH]c2ccccc12)c1ccc([N+](=O)[O-])cc1. The molecule has 0 atom stereocenters. The number of nitrogens with zero attached hydrogens (tertiary/aromatic N) is 2. The zero-order valence-corrected chi connectivity index (χ0v) is 13.1. The fraction of sp³-hybridized carbons (Fsp3) is 0. The average Bonchev–Trinajstić information content (AvgIpc) is 2.65. The van der Waals surface area contributed by atoms with E-state index in [9.17, 15) is 24.5 Å². The number of carbonyl (C=O) groups excluding carboxylic acids is 2. The van der Waals surface area contributed by atoms with Gasteiger partial charge in [0.15, 0.2) is 0 Å². The number of nitrogens with one attached hydrogen (secondary N) is 3. The quantitative estimate of drug-likeness (QED) is 0.471. The smallest absolute Gasteiger partial charge is 0.305 e. The molecule has 0 aliphatic heterocycles. The number of nitro benzene ring substituents is 1. The Kier molecular flexibility index (Phi) is 4.39. The van der Waals surface area contributed by atoms with E-state index in [0.29, 0.717) is 10.9 Å². The molecule has 0 radical (unpaired) electrons. The minimum atomic E-state index is -0.775. The fourth-order valence-electron chi connectivity index (χ4n) is 2.26. The Morgan fingerprint density at radius 3 is 2.35 bits per heavy atom. The minimum absolute atomic E-state index is 0.111. The van der Waals surface area contributed by atoms with Crippen molar-refractivity contribution in [3.8, 4) is 0 Å². The Balaban J connectivity index is 1.76. The summed E-state index contributed by atoms with van der Waals surface area (Å²) in [7, 11) is 0. The second-order valence-corrected chi connectivity index (χ2v) is 5.15. The number of non-ortho nitro benzene ring substituents is 1. The highest BCUT2D eigenvalue weighted by Crippen LogP contribution is 2.13. The standard InChI is InChI=1S/C16H11N5O5/c22-14(9-5-7-10(8-6-9)21(25)26)19-20-15(23)13-11-3-1-2-4-12(11)17-16(24)18-13/h1-8H,(H,19,22)(H,20,23)(H,17,18,24). The normalized spacial score (nSPS) is 10.3. The lowest BCUT2D eigenvalue weighted by atomic mass is 10.2. The maximum Gasteiger partial charge on any atom is 0.346 e. The first kappa shape index (κ1) is 16.8. The number of carbonyl (C=O) groups is 2. The lowest BCUT2D eigenvalue weighted by Gasteiger charge is -2.08. The zero-order chi connectivity index (χ0) is 18.7. The summed E-state index contributed by atoms with van der Waals surface area (Å²) < 4.78 is 0. The molecule has 3 rings (SSSR count). The van der Waals surface area contributed by atoms with Crippen LogP contribution in [0.1, 0.15) is 20.8 Å². The van der Waals surface area contributed by atoms with Gasteiger partial charge in [0.1, 0.15) is 5.69 Å². The van der Waals surface area contributed by atoms with E-state index in [4.69, 9.17) is 0 Å². The molecule has 2 aromatic carbocycles. The van der Waals surface area contributed by atoms with Crippen molar-refractivity contribution in [3.05, 3.63) is 80.4 Å². The van der Waals surface area contributed by atoms with Gasteiger partial charge in [-0.1, -0.05) is 18.2 Å². The van der Waals surface area contributed by atoms with Crippen molar-refractivity contribution >= 4 is 28.4 Å². The molecule has 0 unspecified atom stereocenters. The number of amides is 2. The largest absolute Gasteiger partial charge is 0.346 e. The number of fused-ring (bicyclic) bond motifs is 1. The van der Waals surface area contributed by atoms with Gasteiger partial charge in [-0.15, -0.1) is 0 Å². The number of aromatic amines is 1. The summed E-state index contributed by atoms with van der Waals surface area (Å²) >= 11 is 0. The molecule has 0 spiro atoms. The van der Waals surface area contributed by atoms with Gasteiger partial charge in [-0.25, -0.2) is 4.79 Å². The van der Waals surface area contributed by atoms with Gasteiger partial charge in [0.2, 0.25) is 0 Å². The second-order valence-electron chi connectivity index (χ2n) is 5.15. The molecular weight excluding hydrogens is 342 g/mol. The number of hydrogen-bond acceptors (Lipinski definition) is 6. The summed E-state index contributed by atoms with van der Waals surface area (Å²) in [5.41, 5.74) is 3.87. The van der Waals surface area contributed by atoms with E-state index in [-0.39, 0.29) is 16.9 Å². The molecule has 0 aliphatic carbocycles. The molecule has 0 aliphatic rings. The minimum Gasteiger partial charge on any atom is -0.305 e. The molecule has 0 fully saturated rings. The van der Waals surface area contributed by atoms with E-state index >= 15 is 0 Å². The van der Waals surface area contributed by atoms with E-state index < -0.39 is 22.4 Å². The summed E-state index contributed by atoms with van der Waals surface area (Å²) in [6.45, 7) is 0. The third-order valence-corrected chi connectivity index (χ3v) is 3.48. The second kappa shape index (κ2) is 6.81. The van der Waals surface area contributed by atoms with Crippen LogP contribution in [0.4, 0.5) is 5.69 Å². The number of para-hydroxylation sites is 1. The van der Waals surface area contributed by atoms with Crippen LogP contribution in [-0.4, -0.2) is 26.7 Å². The predicted molar refractivity (Wildman–Crippen MR) is 90.4 cm³/mol. The van der Waals surface area contributed by atoms with Crippen molar-refractivity contribution in [2.75, 3.05) is 0 Å². The van der Waals surface area contributed by atoms with Crippen molar-refractivity contribution in [1.82, 2.24) is 20.8 Å². The molecule has 10 heteroatoms. The van der Waals surface area contributed by atoms with Crippen LogP contribution in [0.3, 0.4) is 0 Å². The highest BCUT2D eigenvalue weighted by molar-refractivity contribution is 6.05. The van der Waals surface area contributed by atoms with Crippen LogP contribution in [0.15, 0.2) is 53.3 Å². The molecule has 3 aromatic rings. The molecule has 0 bridgehead atoms. The molecule has 0 saturated carbocycles. The van der Waals surface area contributed by atoms with E-state index in [0.717, 1.165) is 0 Å². The van der Waals surface area contributed by atoms with Gasteiger partial charge in [-0.3, -0.25) is 30.6 Å². The molecule has 10 nitrogen and oxygen atoms in total. The number of nitro groups is 1. The number of hydrazine groups is 1. The van der Waals surface area contributed by atoms with Crippen molar-refractivity contribution < 1.29 is 14.5 Å². The highest BCUT2D eigenvalue weighted by Gasteiger charge is 2.15. The summed E-state index contributed by atoms with van der Waals surface area (Å²) in [6, 6.07) is 11.4. The summed E-state index contributed by atoms with van der Waals surface area (Å²) in [5, 5.41) is 11.0. The van der Waals surface area contributed by atoms with E-state index in [2.05, 4.69) is 20.8 Å². The number of benzene rings is 2. The van der Waals surface area contributed by atoms with Gasteiger partial charge >= 0.3 is 5.69 Å². The number of aromatic nitrogens is 2. The van der Waals surface area contributed by atoms with Crippen LogP contribution < -0.4 is 16.5 Å². The third-order valence-electron chi connectivity index (χ3n) is 3.48. The first-order chi connectivity index (χ1) is 12.5. The first-order valence-electron chi connectivity index (χ1n) is 7.30. The van der Waals surface area contributed by atoms with Crippen LogP contribution >= 0.6 is 0 Å². The maximum absolute atomic E-state index is 12.3. The van der Waals surface area contributed by atoms with Crippen LogP contribution in [0.5, 0.6) is 0 Å². The summed E-state index contributed by atoms with van der Waals surface area (Å²) in [4.78, 5) is 52.0. The van der Waals surface area contributed by atoms with Gasteiger partial charge in [-0.05, 0) is 18.2 Å². The molecule has 0 saturated heterocycles. The van der Waals surface area contributed by atoms with Crippen LogP contribution in [0.2, 0.25) is 0 Å². The average molecular weight is 353 g/mol. The van der Waals surface area contributed by atoms with Crippen molar-refractivity contribution in [2.45, 2.75) is 0 Å². The summed E-state index contributed by atoms with van der Waals surface area (Å²) in [6.07, 6.45) is 0. The van der Waals surface area contributed by atoms with E-state index in [1.54, 1.807) is 24.3 Å². The van der Waals surface area contributed by atoms with Crippen molar-refractivity contribution in [1.29, 1.82) is 0 Å². The predicted octanol–water partition coefficient (Wildman–Crippen LogP) is 0.906. The van der Waals surface area contributed by atoms with Crippen molar-refractivity contribution in [2.24, 2.45) is 0 Å². The highest BCUT2D eigenvalue weighted by atomic mass is 16.6. The van der Waals surface area contributed by atoms with Gasteiger partial charge in [-0.2, -0.15) is 4.98 Å². The Morgan fingerprint density at radius 1 is 1.00 bits per heavy atom. The molecule has 2 amide bonds. The topological polar surface area (TPSA) is 147 Å². The van der Waals surface area contributed by atoms with E-state index in [1.807, 2.05) is 0 Å². The van der Waals surface area contributed by atoms with E-state index in [1.165, 1.54) is 24.3 Å². The Morgan fingerprint density at radius 2 is 1.65 bits per heavy atom. The monoisotopic (exact) mass is 353 g/mol. The first-order valence-corrected chi connectivity index (χ1v) is 7.30. The molecule has 3 N–H and O–H groups in total. The Hall–Kier alpha value is -4.08. The van der Waals surface area contributed by atoms with Crippen LogP contribution in [0.25, 0.3) is 10.9 Å². The van der Waals surface area contributed by atoms with Gasteiger partial charge in [0.05, 0.1) is 10.4 Å². The zero-order valence-electron chi connectivity index (χ0n) is 13.1. The maximum atomic E-state index is 12.3. The molecule has 1 aromatic heterocycles. The molecule has 130 valence electrons. The van der Waals surface area contributed by atoms with Gasteiger partial charge in [0.25, 0.3) is 17.5 Å². The molecular formula is C16H11N5O5. The van der Waals surface area contributed by atoms with Crippen LogP contribution in [-0.2, 0) is 0 Å². The van der Waals surface area contributed by atoms with Crippen molar-refractivity contribution in [3.63, 3.8) is 0 Å².